The van der Waals surface area contributed by atoms with Crippen molar-refractivity contribution < 1.29 is 0 Å². The predicted octanol–water partition coefficient (Wildman–Crippen LogP) is 27.8. The summed E-state index contributed by atoms with van der Waals surface area (Å²) in [7, 11) is 0. The van der Waals surface area contributed by atoms with Crippen molar-refractivity contribution in [2.75, 3.05) is 0 Å². The van der Waals surface area contributed by atoms with Crippen LogP contribution in [0, 0.1) is 0 Å². The average molecular weight is 1430 g/mol. The van der Waals surface area contributed by atoms with Crippen molar-refractivity contribution in [3.05, 3.63) is 413 Å². The molecular formula is C106H68N6. The fourth-order valence-corrected chi connectivity index (χ4v) is 16.5. The molecule has 0 amide bonds. The minimum absolute atomic E-state index is 0.680. The van der Waals surface area contributed by atoms with Gasteiger partial charge in [0.15, 0.2) is 11.6 Å². The molecule has 6 nitrogen and oxygen atoms in total. The SMILES string of the molecule is c1ccc(-c2cc(-c3ccc(-c4cccnc4)cc3)nc(-c3cccc(-c4c5ccccc5c(-c5cccc6ccccc56)c5ccccc45)c3)n2)cc1.c1cncc(-c2ccc(-c3cc(-c4cccc5ccccc45)nc(-c4cccc(-c5c6ccccc6c(-c6cccc7ccccc67)c6ccccc56)c4)n3)cc2)c1. The van der Waals surface area contributed by atoms with Gasteiger partial charge in [-0.05, 0) is 179 Å². The molecule has 0 N–H and O–H groups in total. The lowest BCUT2D eigenvalue weighted by molar-refractivity contribution is 1.18. The van der Waals surface area contributed by atoms with E-state index in [1.54, 1.807) is 12.4 Å². The number of pyridine rings is 2. The Hall–Kier alpha value is -15.0. The zero-order valence-electron chi connectivity index (χ0n) is 60.9. The maximum Gasteiger partial charge on any atom is 0.160 e. The van der Waals surface area contributed by atoms with E-state index < -0.39 is 0 Å². The summed E-state index contributed by atoms with van der Waals surface area (Å²) in [6.45, 7) is 0. The molecule has 522 valence electrons. The molecule has 4 heterocycles. The molecule has 6 heteroatoms. The highest BCUT2D eigenvalue weighted by molar-refractivity contribution is 6.25. The second-order valence-electron chi connectivity index (χ2n) is 28.4. The first-order valence-electron chi connectivity index (χ1n) is 37.9. The zero-order valence-corrected chi connectivity index (χ0v) is 60.9. The van der Waals surface area contributed by atoms with E-state index in [0.717, 1.165) is 94.9 Å². The summed E-state index contributed by atoms with van der Waals surface area (Å²) in [4.78, 5) is 29.7. The van der Waals surface area contributed by atoms with Crippen LogP contribution >= 0.6 is 0 Å². The number of benzene rings is 17. The van der Waals surface area contributed by atoms with E-state index in [1.165, 1.54) is 103 Å². The van der Waals surface area contributed by atoms with Crippen molar-refractivity contribution in [1.82, 2.24) is 29.9 Å². The molecule has 0 atom stereocenters. The molecule has 21 rings (SSSR count). The largest absolute Gasteiger partial charge is 0.264 e. The second-order valence-corrected chi connectivity index (χ2v) is 28.4. The Kier molecular flexibility index (Phi) is 17.2. The van der Waals surface area contributed by atoms with E-state index >= 15 is 0 Å². The lowest BCUT2D eigenvalue weighted by Gasteiger charge is -2.19. The Balaban J connectivity index is 0.000000146. The van der Waals surface area contributed by atoms with Crippen molar-refractivity contribution in [3.63, 3.8) is 0 Å². The Morgan fingerprint density at radius 2 is 0.420 bits per heavy atom. The number of fused-ring (bicyclic) bond motifs is 7. The minimum Gasteiger partial charge on any atom is -0.264 e. The summed E-state index contributed by atoms with van der Waals surface area (Å²) in [6.07, 6.45) is 7.39. The summed E-state index contributed by atoms with van der Waals surface area (Å²) in [6, 6.07) is 138. The van der Waals surface area contributed by atoms with Gasteiger partial charge in [-0.1, -0.05) is 352 Å². The molecule has 0 unspecified atom stereocenters. The second kappa shape index (κ2) is 29.0. The third kappa shape index (κ3) is 12.4. The van der Waals surface area contributed by atoms with Crippen LogP contribution in [0.4, 0.5) is 0 Å². The molecule has 0 aliphatic heterocycles. The van der Waals surface area contributed by atoms with Gasteiger partial charge in [-0.15, -0.1) is 0 Å². The topological polar surface area (TPSA) is 77.3 Å². The third-order valence-corrected chi connectivity index (χ3v) is 21.7. The summed E-state index contributed by atoms with van der Waals surface area (Å²) in [5, 5.41) is 17.1. The van der Waals surface area contributed by atoms with Gasteiger partial charge in [-0.2, -0.15) is 0 Å². The molecule has 0 spiro atoms. The quantitative estimate of drug-likeness (QED) is 0.113. The Labute approximate surface area is 648 Å². The van der Waals surface area contributed by atoms with Crippen LogP contribution in [0.2, 0.25) is 0 Å². The molecule has 4 aromatic heterocycles. The normalized spacial score (nSPS) is 11.4. The van der Waals surface area contributed by atoms with Gasteiger partial charge in [0.2, 0.25) is 0 Å². The molecule has 21 aromatic rings. The van der Waals surface area contributed by atoms with Crippen molar-refractivity contribution in [2.45, 2.75) is 0 Å². The number of hydrogen-bond acceptors (Lipinski definition) is 6. The first-order chi connectivity index (χ1) is 55.5. The van der Waals surface area contributed by atoms with Gasteiger partial charge >= 0.3 is 0 Å². The Morgan fingerprint density at radius 1 is 0.152 bits per heavy atom. The number of aromatic nitrogens is 6. The lowest BCUT2D eigenvalue weighted by atomic mass is 9.84. The standard InChI is InChI=1S/C55H35N3.C51H33N3/c1-3-20-43-37(13-1)15-10-26-45(43)52-34-51(39-30-28-36(29-31-39)42-19-12-32-56-35-42)57-55(58-52)41-18-9-17-40(33-41)53-47-22-5-7-24-49(47)54(50-25-8-6-23-48(50)53)46-27-11-16-38-14-2-4-21-44(38)46;1-2-14-36(15-3-1)47-32-48(37-28-26-34(27-29-37)40-19-12-30-52-33-40)54-51(53-47)39-18-10-17-38(31-39)49-43-21-6-8-23-45(43)50(46-24-9-7-22-44(46)49)42-25-11-16-35-13-4-5-20-41(35)42/h1-35H;1-33H. The van der Waals surface area contributed by atoms with Gasteiger partial charge in [0.25, 0.3) is 0 Å². The van der Waals surface area contributed by atoms with Gasteiger partial charge in [-0.25, -0.2) is 19.9 Å². The molecule has 0 saturated heterocycles. The van der Waals surface area contributed by atoms with E-state index in [0.29, 0.717) is 11.6 Å². The van der Waals surface area contributed by atoms with Crippen molar-refractivity contribution in [2.24, 2.45) is 0 Å². The van der Waals surface area contributed by atoms with Gasteiger partial charge in [0, 0.05) is 58.2 Å². The van der Waals surface area contributed by atoms with Crippen LogP contribution < -0.4 is 0 Å². The van der Waals surface area contributed by atoms with Gasteiger partial charge in [0.05, 0.1) is 22.8 Å². The van der Waals surface area contributed by atoms with Gasteiger partial charge < -0.3 is 0 Å². The van der Waals surface area contributed by atoms with Crippen LogP contribution in [0.15, 0.2) is 413 Å². The van der Waals surface area contributed by atoms with Crippen molar-refractivity contribution >= 4 is 75.4 Å². The highest BCUT2D eigenvalue weighted by Gasteiger charge is 2.23. The monoisotopic (exact) mass is 1420 g/mol. The molecule has 0 saturated carbocycles. The van der Waals surface area contributed by atoms with E-state index in [2.05, 4.69) is 380 Å². The maximum absolute atomic E-state index is 5.34. The van der Waals surface area contributed by atoms with Crippen LogP contribution in [-0.4, -0.2) is 29.9 Å². The van der Waals surface area contributed by atoms with E-state index in [-0.39, 0.29) is 0 Å². The van der Waals surface area contributed by atoms with Crippen molar-refractivity contribution in [3.8, 4) is 135 Å². The number of rotatable bonds is 12. The summed E-state index contributed by atoms with van der Waals surface area (Å²) >= 11 is 0. The van der Waals surface area contributed by atoms with Crippen molar-refractivity contribution in [1.29, 1.82) is 0 Å². The van der Waals surface area contributed by atoms with E-state index in [4.69, 9.17) is 19.9 Å². The molecule has 0 bridgehead atoms. The average Bonchev–Trinajstić information content (AvgIpc) is 0.733. The van der Waals surface area contributed by atoms with Gasteiger partial charge in [0.1, 0.15) is 0 Å². The molecule has 0 radical (unpaired) electrons. The molecule has 17 aromatic carbocycles. The Bertz CT molecular complexity index is 7040. The highest BCUT2D eigenvalue weighted by atomic mass is 14.9. The van der Waals surface area contributed by atoms with Crippen LogP contribution in [0.5, 0.6) is 0 Å². The first kappa shape index (κ1) is 66.5. The van der Waals surface area contributed by atoms with Crippen LogP contribution in [-0.2, 0) is 0 Å². The molecule has 0 fully saturated rings. The number of hydrogen-bond donors (Lipinski definition) is 0. The number of nitrogens with zero attached hydrogens (tertiary/aromatic N) is 6. The van der Waals surface area contributed by atoms with E-state index in [1.807, 2.05) is 30.6 Å². The minimum atomic E-state index is 0.680. The van der Waals surface area contributed by atoms with Crippen LogP contribution in [0.25, 0.3) is 210 Å². The summed E-state index contributed by atoms with van der Waals surface area (Å²) < 4.78 is 0. The smallest absolute Gasteiger partial charge is 0.160 e. The molecular weight excluding hydrogens is 1360 g/mol. The van der Waals surface area contributed by atoms with E-state index in [9.17, 15) is 0 Å². The summed E-state index contributed by atoms with van der Waals surface area (Å²) in [5.74, 6) is 1.37. The first-order valence-corrected chi connectivity index (χ1v) is 37.9. The molecule has 112 heavy (non-hydrogen) atoms. The highest BCUT2D eigenvalue weighted by Crippen LogP contribution is 2.49. The molecule has 0 aliphatic rings. The van der Waals surface area contributed by atoms with Gasteiger partial charge in [-0.3, -0.25) is 9.97 Å². The fraction of sp³-hybridized carbons (Fsp3) is 0. The Morgan fingerprint density at radius 3 is 0.804 bits per heavy atom. The lowest BCUT2D eigenvalue weighted by Crippen LogP contribution is -1.97. The summed E-state index contributed by atoms with van der Waals surface area (Å²) in [5.41, 5.74) is 23.6. The maximum atomic E-state index is 5.34. The molecule has 0 aliphatic carbocycles. The van der Waals surface area contributed by atoms with Crippen LogP contribution in [0.1, 0.15) is 0 Å². The zero-order chi connectivity index (χ0) is 74.3. The van der Waals surface area contributed by atoms with Crippen LogP contribution in [0.3, 0.4) is 0 Å². The fourth-order valence-electron chi connectivity index (χ4n) is 16.5. The third-order valence-electron chi connectivity index (χ3n) is 21.7. The predicted molar refractivity (Wildman–Crippen MR) is 467 cm³/mol.